The summed E-state index contributed by atoms with van der Waals surface area (Å²) in [5.41, 5.74) is 1.50. The fourth-order valence-electron chi connectivity index (χ4n) is 1.72. The molecule has 0 unspecified atom stereocenters. The van der Waals surface area contributed by atoms with Gasteiger partial charge in [-0.3, -0.25) is 4.79 Å². The van der Waals surface area contributed by atoms with Crippen LogP contribution in [0, 0.1) is 0 Å². The molecule has 0 radical (unpaired) electrons. The van der Waals surface area contributed by atoms with Gasteiger partial charge in [-0.25, -0.2) is 0 Å². The van der Waals surface area contributed by atoms with Gasteiger partial charge in [0.15, 0.2) is 11.5 Å². The summed E-state index contributed by atoms with van der Waals surface area (Å²) in [7, 11) is 1.51. The van der Waals surface area contributed by atoms with Crippen molar-refractivity contribution in [1.82, 2.24) is 5.32 Å². The molecule has 0 aliphatic rings. The summed E-state index contributed by atoms with van der Waals surface area (Å²) in [5, 5.41) is 14.4. The topological polar surface area (TPSA) is 79.8 Å². The normalized spacial score (nSPS) is 12.0. The molecule has 0 aromatic heterocycles. The first kappa shape index (κ1) is 18.3. The van der Waals surface area contributed by atoms with Gasteiger partial charge >= 0.3 is 0 Å². The maximum Gasteiger partial charge on any atom is 0.211 e. The average molecular weight is 318 g/mol. The highest BCUT2D eigenvalue weighted by molar-refractivity contribution is 5.50. The van der Waals surface area contributed by atoms with Gasteiger partial charge in [-0.2, -0.15) is 0 Å². The van der Waals surface area contributed by atoms with E-state index in [4.69, 9.17) is 14.6 Å². The lowest BCUT2D eigenvalue weighted by Gasteiger charge is -2.12. The molecule has 124 valence electrons. The van der Waals surface area contributed by atoms with Gasteiger partial charge in [-0.15, -0.1) is 0 Å². The van der Waals surface area contributed by atoms with Crippen molar-refractivity contribution < 1.29 is 19.4 Å². The second-order valence-electron chi connectivity index (χ2n) is 4.50. The largest absolute Gasteiger partial charge is 0.493 e. The highest BCUT2D eigenvalue weighted by atomic mass is 16.5. The minimum absolute atomic E-state index is 0.0688. The van der Waals surface area contributed by atoms with Crippen molar-refractivity contribution in [2.24, 2.45) is 0 Å². The van der Waals surface area contributed by atoms with Gasteiger partial charge in [0.25, 0.3) is 0 Å². The SMILES string of the molecule is C=C/C(Oc1ccc(NCCO)cc1)=C(\C=C(/C)NC=O)OC. The highest BCUT2D eigenvalue weighted by Gasteiger charge is 2.06. The summed E-state index contributed by atoms with van der Waals surface area (Å²) in [6.07, 6.45) is 3.76. The van der Waals surface area contributed by atoms with Crippen molar-refractivity contribution in [2.75, 3.05) is 25.6 Å². The zero-order valence-electron chi connectivity index (χ0n) is 13.3. The van der Waals surface area contributed by atoms with Crippen LogP contribution in [0.2, 0.25) is 0 Å². The third-order valence-corrected chi connectivity index (χ3v) is 2.81. The summed E-state index contributed by atoms with van der Waals surface area (Å²) in [5.74, 6) is 1.48. The van der Waals surface area contributed by atoms with E-state index in [9.17, 15) is 4.79 Å². The van der Waals surface area contributed by atoms with Gasteiger partial charge < -0.3 is 25.2 Å². The van der Waals surface area contributed by atoms with E-state index in [2.05, 4.69) is 17.2 Å². The van der Waals surface area contributed by atoms with Crippen molar-refractivity contribution in [3.05, 3.63) is 60.2 Å². The lowest BCUT2D eigenvalue weighted by Crippen LogP contribution is -2.08. The van der Waals surface area contributed by atoms with Crippen LogP contribution in [0.4, 0.5) is 5.69 Å². The molecule has 0 aliphatic heterocycles. The maximum absolute atomic E-state index is 10.4. The highest BCUT2D eigenvalue weighted by Crippen LogP contribution is 2.20. The van der Waals surface area contributed by atoms with E-state index in [1.54, 1.807) is 25.1 Å². The van der Waals surface area contributed by atoms with E-state index >= 15 is 0 Å². The van der Waals surface area contributed by atoms with Gasteiger partial charge in [0.05, 0.1) is 13.7 Å². The Hall–Kier alpha value is -2.73. The monoisotopic (exact) mass is 318 g/mol. The number of rotatable bonds is 10. The summed E-state index contributed by atoms with van der Waals surface area (Å²) in [6.45, 7) is 6.00. The first-order valence-electron chi connectivity index (χ1n) is 7.06. The van der Waals surface area contributed by atoms with Crippen molar-refractivity contribution in [3.63, 3.8) is 0 Å². The lowest BCUT2D eigenvalue weighted by atomic mass is 10.3. The minimum atomic E-state index is 0.0688. The van der Waals surface area contributed by atoms with E-state index in [1.807, 2.05) is 12.1 Å². The van der Waals surface area contributed by atoms with Crippen LogP contribution >= 0.6 is 0 Å². The lowest BCUT2D eigenvalue weighted by molar-refractivity contribution is -0.108. The van der Waals surface area contributed by atoms with Crippen LogP contribution in [0.3, 0.4) is 0 Å². The van der Waals surface area contributed by atoms with Gasteiger partial charge in [-0.05, 0) is 37.3 Å². The zero-order valence-corrected chi connectivity index (χ0v) is 13.3. The number of aliphatic hydroxyl groups is 1. The number of hydrogen-bond donors (Lipinski definition) is 3. The third kappa shape index (κ3) is 6.27. The number of aliphatic hydroxyl groups excluding tert-OH is 1. The summed E-state index contributed by atoms with van der Waals surface area (Å²) >= 11 is 0. The molecular weight excluding hydrogens is 296 g/mol. The fraction of sp³-hybridized carbons (Fsp3) is 0.235. The molecule has 23 heavy (non-hydrogen) atoms. The Morgan fingerprint density at radius 1 is 1.30 bits per heavy atom. The van der Waals surface area contributed by atoms with Crippen LogP contribution in [0.25, 0.3) is 0 Å². The molecule has 1 aromatic carbocycles. The van der Waals surface area contributed by atoms with E-state index < -0.39 is 0 Å². The van der Waals surface area contributed by atoms with Crippen LogP contribution in [0.15, 0.2) is 60.2 Å². The van der Waals surface area contributed by atoms with Crippen molar-refractivity contribution >= 4 is 12.1 Å². The van der Waals surface area contributed by atoms with E-state index in [1.165, 1.54) is 13.2 Å². The Morgan fingerprint density at radius 3 is 2.52 bits per heavy atom. The number of ether oxygens (including phenoxy) is 2. The summed E-state index contributed by atoms with van der Waals surface area (Å²) in [6, 6.07) is 7.26. The van der Waals surface area contributed by atoms with Gasteiger partial charge in [0, 0.05) is 24.0 Å². The fourth-order valence-corrected chi connectivity index (χ4v) is 1.72. The Labute approximate surface area is 136 Å². The molecule has 1 aromatic rings. The molecular formula is C17H22N2O4. The summed E-state index contributed by atoms with van der Waals surface area (Å²) in [4.78, 5) is 10.4. The minimum Gasteiger partial charge on any atom is -0.493 e. The molecule has 0 saturated carbocycles. The van der Waals surface area contributed by atoms with Crippen molar-refractivity contribution in [2.45, 2.75) is 6.92 Å². The van der Waals surface area contributed by atoms with Gasteiger partial charge in [0.1, 0.15) is 5.75 Å². The number of methoxy groups -OCH3 is 1. The molecule has 0 aliphatic carbocycles. The first-order valence-corrected chi connectivity index (χ1v) is 7.06. The Balaban J connectivity index is 2.92. The predicted molar refractivity (Wildman–Crippen MR) is 89.8 cm³/mol. The standard InChI is InChI=1S/C17H22N2O4/c1-4-16(17(22-3)11-13(2)19-12-21)23-15-7-5-14(6-8-15)18-9-10-20/h4-8,11-12,18,20H,1,9-10H2,2-3H3,(H,19,21)/b13-11+,17-16-. The molecule has 0 spiro atoms. The molecule has 0 atom stereocenters. The number of carbonyl (C=O) groups excluding carboxylic acids is 1. The summed E-state index contributed by atoms with van der Waals surface area (Å²) < 4.78 is 11.0. The van der Waals surface area contributed by atoms with E-state index in [0.717, 1.165) is 5.69 Å². The number of hydrogen-bond acceptors (Lipinski definition) is 5. The van der Waals surface area contributed by atoms with Crippen LogP contribution in [0.1, 0.15) is 6.92 Å². The molecule has 1 rings (SSSR count). The number of benzene rings is 1. The van der Waals surface area contributed by atoms with Crippen LogP contribution in [-0.2, 0) is 9.53 Å². The Bertz CT molecular complexity index is 577. The van der Waals surface area contributed by atoms with Gasteiger partial charge in [-0.1, -0.05) is 6.58 Å². The molecule has 6 nitrogen and oxygen atoms in total. The van der Waals surface area contributed by atoms with E-state index in [0.29, 0.717) is 35.9 Å². The maximum atomic E-state index is 10.4. The Kier molecular flexibility index (Phi) is 8.02. The first-order chi connectivity index (χ1) is 11.1. The molecule has 0 bridgehead atoms. The number of anilines is 1. The van der Waals surface area contributed by atoms with Gasteiger partial charge in [0.2, 0.25) is 6.41 Å². The van der Waals surface area contributed by atoms with E-state index in [-0.39, 0.29) is 6.61 Å². The molecule has 0 saturated heterocycles. The molecule has 1 amide bonds. The predicted octanol–water partition coefficient (Wildman–Crippen LogP) is 2.16. The molecule has 0 fully saturated rings. The number of nitrogens with one attached hydrogen (secondary N) is 2. The zero-order chi connectivity index (χ0) is 17.1. The third-order valence-electron chi connectivity index (χ3n) is 2.81. The number of amides is 1. The second kappa shape index (κ2) is 10.1. The molecule has 6 heteroatoms. The quantitative estimate of drug-likeness (QED) is 0.350. The molecule has 3 N–H and O–H groups in total. The second-order valence-corrected chi connectivity index (χ2v) is 4.50. The van der Waals surface area contributed by atoms with Crippen molar-refractivity contribution in [1.29, 1.82) is 0 Å². The smallest absolute Gasteiger partial charge is 0.211 e. The van der Waals surface area contributed by atoms with Crippen LogP contribution in [-0.4, -0.2) is 31.8 Å². The number of carbonyl (C=O) groups is 1. The van der Waals surface area contributed by atoms with Crippen LogP contribution in [0.5, 0.6) is 5.75 Å². The Morgan fingerprint density at radius 2 is 2.00 bits per heavy atom. The average Bonchev–Trinajstić information content (AvgIpc) is 2.57. The van der Waals surface area contributed by atoms with Crippen molar-refractivity contribution in [3.8, 4) is 5.75 Å². The molecule has 0 heterocycles. The van der Waals surface area contributed by atoms with Crippen LogP contribution < -0.4 is 15.4 Å². The number of allylic oxidation sites excluding steroid dienone is 3.